The van der Waals surface area contributed by atoms with Crippen LogP contribution < -0.4 is 15.4 Å². The van der Waals surface area contributed by atoms with Crippen molar-refractivity contribution in [3.63, 3.8) is 0 Å². The largest absolute Gasteiger partial charge is 0.497 e. The van der Waals surface area contributed by atoms with E-state index in [4.69, 9.17) is 9.84 Å². The Kier molecular flexibility index (Phi) is 7.05. The van der Waals surface area contributed by atoms with Gasteiger partial charge in [0.15, 0.2) is 0 Å². The van der Waals surface area contributed by atoms with Gasteiger partial charge in [-0.05, 0) is 30.5 Å². The predicted molar refractivity (Wildman–Crippen MR) is 84.3 cm³/mol. The number of carbonyl (C=O) groups is 3. The zero-order valence-electron chi connectivity index (χ0n) is 13.5. The van der Waals surface area contributed by atoms with Crippen LogP contribution in [0.2, 0.25) is 0 Å². The molecule has 1 aromatic carbocycles. The molecule has 0 saturated heterocycles. The highest BCUT2D eigenvalue weighted by Gasteiger charge is 2.21. The lowest BCUT2D eigenvalue weighted by Gasteiger charge is -2.16. The number of amides is 2. The van der Waals surface area contributed by atoms with Crippen molar-refractivity contribution < 1.29 is 24.2 Å². The molecule has 0 spiro atoms. The van der Waals surface area contributed by atoms with Crippen molar-refractivity contribution in [1.29, 1.82) is 0 Å². The van der Waals surface area contributed by atoms with Crippen LogP contribution in [-0.4, -0.2) is 42.6 Å². The first-order chi connectivity index (χ1) is 10.8. The zero-order chi connectivity index (χ0) is 17.4. The van der Waals surface area contributed by atoms with Crippen molar-refractivity contribution in [2.45, 2.75) is 26.3 Å². The fraction of sp³-hybridized carbons (Fsp3) is 0.438. The molecule has 0 radical (unpaired) electrons. The summed E-state index contributed by atoms with van der Waals surface area (Å²) in [5, 5.41) is 13.9. The SMILES string of the molecule is COc1cccc(C(=O)NCC(=O)NC(CC(C)C)C(=O)O)c1. The monoisotopic (exact) mass is 322 g/mol. The second kappa shape index (κ2) is 8.77. The summed E-state index contributed by atoms with van der Waals surface area (Å²) in [4.78, 5) is 34.8. The van der Waals surface area contributed by atoms with Crippen molar-refractivity contribution in [1.82, 2.24) is 10.6 Å². The first kappa shape index (κ1) is 18.5. The molecule has 3 N–H and O–H groups in total. The summed E-state index contributed by atoms with van der Waals surface area (Å²) in [5.74, 6) is -1.41. The van der Waals surface area contributed by atoms with Crippen LogP contribution in [0, 0.1) is 5.92 Å². The fourth-order valence-corrected chi connectivity index (χ4v) is 1.97. The van der Waals surface area contributed by atoms with E-state index in [0.717, 1.165) is 0 Å². The average Bonchev–Trinajstić information content (AvgIpc) is 2.51. The Morgan fingerprint density at radius 3 is 2.52 bits per heavy atom. The van der Waals surface area contributed by atoms with Crippen LogP contribution >= 0.6 is 0 Å². The molecular formula is C16H22N2O5. The van der Waals surface area contributed by atoms with Crippen molar-refractivity contribution in [2.75, 3.05) is 13.7 Å². The molecule has 23 heavy (non-hydrogen) atoms. The maximum absolute atomic E-state index is 12.0. The van der Waals surface area contributed by atoms with Gasteiger partial charge in [0.05, 0.1) is 13.7 Å². The topological polar surface area (TPSA) is 105 Å². The van der Waals surface area contributed by atoms with Gasteiger partial charge in [-0.1, -0.05) is 19.9 Å². The maximum atomic E-state index is 12.0. The van der Waals surface area contributed by atoms with Gasteiger partial charge in [-0.3, -0.25) is 9.59 Å². The van der Waals surface area contributed by atoms with E-state index < -0.39 is 23.8 Å². The molecule has 0 aliphatic carbocycles. The number of benzene rings is 1. The number of rotatable bonds is 8. The van der Waals surface area contributed by atoms with Crippen LogP contribution in [0.1, 0.15) is 30.6 Å². The molecule has 0 aliphatic rings. The van der Waals surface area contributed by atoms with Gasteiger partial charge in [-0.2, -0.15) is 0 Å². The summed E-state index contributed by atoms with van der Waals surface area (Å²) in [7, 11) is 1.49. The predicted octanol–water partition coefficient (Wildman–Crippen LogP) is 1.04. The van der Waals surface area contributed by atoms with Crippen LogP contribution in [0.15, 0.2) is 24.3 Å². The van der Waals surface area contributed by atoms with Crippen LogP contribution in [0.3, 0.4) is 0 Å². The van der Waals surface area contributed by atoms with Gasteiger partial charge in [-0.25, -0.2) is 4.79 Å². The van der Waals surface area contributed by atoms with Gasteiger partial charge in [0.1, 0.15) is 11.8 Å². The molecule has 0 fully saturated rings. The minimum Gasteiger partial charge on any atom is -0.497 e. The quantitative estimate of drug-likeness (QED) is 0.663. The van der Waals surface area contributed by atoms with Gasteiger partial charge in [-0.15, -0.1) is 0 Å². The molecule has 1 unspecified atom stereocenters. The maximum Gasteiger partial charge on any atom is 0.326 e. The molecule has 1 aromatic rings. The Hall–Kier alpha value is -2.57. The number of ether oxygens (including phenoxy) is 1. The Labute approximate surface area is 135 Å². The first-order valence-corrected chi connectivity index (χ1v) is 7.28. The molecular weight excluding hydrogens is 300 g/mol. The molecule has 1 atom stereocenters. The number of methoxy groups -OCH3 is 1. The standard InChI is InChI=1S/C16H22N2O5/c1-10(2)7-13(16(21)22)18-14(19)9-17-15(20)11-5-4-6-12(8-11)23-3/h4-6,8,10,13H,7,9H2,1-3H3,(H,17,20)(H,18,19)(H,21,22). The molecule has 0 bridgehead atoms. The highest BCUT2D eigenvalue weighted by atomic mass is 16.5. The van der Waals surface area contributed by atoms with Gasteiger partial charge < -0.3 is 20.5 Å². The number of hydrogen-bond donors (Lipinski definition) is 3. The summed E-state index contributed by atoms with van der Waals surface area (Å²) in [5.41, 5.74) is 0.356. The molecule has 0 aliphatic heterocycles. The van der Waals surface area contributed by atoms with Crippen LogP contribution in [0.25, 0.3) is 0 Å². The lowest BCUT2D eigenvalue weighted by Crippen LogP contribution is -2.46. The summed E-state index contributed by atoms with van der Waals surface area (Å²) in [6.45, 7) is 3.44. The fourth-order valence-electron chi connectivity index (χ4n) is 1.97. The Balaban J connectivity index is 2.54. The van der Waals surface area contributed by atoms with E-state index >= 15 is 0 Å². The third-order valence-corrected chi connectivity index (χ3v) is 3.08. The number of carboxylic acid groups (broad SMARTS) is 1. The van der Waals surface area contributed by atoms with Crippen LogP contribution in [-0.2, 0) is 9.59 Å². The number of hydrogen-bond acceptors (Lipinski definition) is 4. The Morgan fingerprint density at radius 1 is 1.26 bits per heavy atom. The molecule has 0 aromatic heterocycles. The molecule has 1 rings (SSSR count). The molecule has 7 nitrogen and oxygen atoms in total. The van der Waals surface area contributed by atoms with Crippen molar-refractivity contribution in [3.05, 3.63) is 29.8 Å². The number of carbonyl (C=O) groups excluding carboxylic acids is 2. The van der Waals surface area contributed by atoms with Crippen molar-refractivity contribution in [3.8, 4) is 5.75 Å². The smallest absolute Gasteiger partial charge is 0.326 e. The molecule has 2 amide bonds. The van der Waals surface area contributed by atoms with E-state index in [0.29, 0.717) is 17.7 Å². The van der Waals surface area contributed by atoms with Crippen LogP contribution in [0.4, 0.5) is 0 Å². The van der Waals surface area contributed by atoms with Gasteiger partial charge in [0.25, 0.3) is 5.91 Å². The second-order valence-corrected chi connectivity index (χ2v) is 5.50. The molecule has 126 valence electrons. The minimum absolute atomic E-state index is 0.128. The number of nitrogens with one attached hydrogen (secondary N) is 2. The Bertz CT molecular complexity index is 571. The van der Waals surface area contributed by atoms with Crippen LogP contribution in [0.5, 0.6) is 5.75 Å². The molecule has 7 heteroatoms. The third kappa shape index (κ3) is 6.37. The summed E-state index contributed by atoms with van der Waals surface area (Å²) in [6.07, 6.45) is 0.324. The van der Waals surface area contributed by atoms with E-state index in [1.807, 2.05) is 13.8 Å². The number of aliphatic carboxylic acids is 1. The van der Waals surface area contributed by atoms with Crippen molar-refractivity contribution in [2.24, 2.45) is 5.92 Å². The van der Waals surface area contributed by atoms with E-state index in [-0.39, 0.29) is 12.5 Å². The van der Waals surface area contributed by atoms with E-state index in [1.54, 1.807) is 24.3 Å². The normalized spacial score (nSPS) is 11.7. The third-order valence-electron chi connectivity index (χ3n) is 3.08. The van der Waals surface area contributed by atoms with Gasteiger partial charge in [0.2, 0.25) is 5.91 Å². The first-order valence-electron chi connectivity index (χ1n) is 7.28. The lowest BCUT2D eigenvalue weighted by atomic mass is 10.0. The molecule has 0 saturated carbocycles. The minimum atomic E-state index is -1.09. The van der Waals surface area contributed by atoms with Crippen molar-refractivity contribution >= 4 is 17.8 Å². The lowest BCUT2D eigenvalue weighted by molar-refractivity contribution is -0.142. The van der Waals surface area contributed by atoms with E-state index in [2.05, 4.69) is 10.6 Å². The average molecular weight is 322 g/mol. The summed E-state index contributed by atoms with van der Waals surface area (Å²) >= 11 is 0. The summed E-state index contributed by atoms with van der Waals surface area (Å²) < 4.78 is 5.02. The van der Waals surface area contributed by atoms with Gasteiger partial charge >= 0.3 is 5.97 Å². The van der Waals surface area contributed by atoms with E-state index in [1.165, 1.54) is 7.11 Å². The Morgan fingerprint density at radius 2 is 1.96 bits per heavy atom. The zero-order valence-corrected chi connectivity index (χ0v) is 13.5. The second-order valence-electron chi connectivity index (χ2n) is 5.50. The highest BCUT2D eigenvalue weighted by molar-refractivity contribution is 5.97. The number of carboxylic acids is 1. The van der Waals surface area contributed by atoms with E-state index in [9.17, 15) is 14.4 Å². The van der Waals surface area contributed by atoms with Gasteiger partial charge in [0, 0.05) is 5.56 Å². The summed E-state index contributed by atoms with van der Waals surface area (Å²) in [6, 6.07) is 5.54. The highest BCUT2D eigenvalue weighted by Crippen LogP contribution is 2.12. The molecule has 0 heterocycles.